The predicted octanol–water partition coefficient (Wildman–Crippen LogP) is 2.62. The van der Waals surface area contributed by atoms with Crippen LogP contribution < -0.4 is 0 Å². The van der Waals surface area contributed by atoms with E-state index in [1.54, 1.807) is 13.1 Å². The zero-order valence-corrected chi connectivity index (χ0v) is 17.6. The summed E-state index contributed by atoms with van der Waals surface area (Å²) in [5.41, 5.74) is 0.339. The second kappa shape index (κ2) is 8.02. The summed E-state index contributed by atoms with van der Waals surface area (Å²) in [7, 11) is 1.71. The number of nitrogens with zero attached hydrogens (tertiary/aromatic N) is 5. The van der Waals surface area contributed by atoms with Crippen LogP contribution in [0.2, 0.25) is 0 Å². The van der Waals surface area contributed by atoms with Gasteiger partial charge < -0.3 is 4.90 Å². The zero-order valence-electron chi connectivity index (χ0n) is 16.7. The van der Waals surface area contributed by atoms with Crippen LogP contribution in [0.3, 0.4) is 0 Å². The molecule has 0 N–H and O–H groups in total. The van der Waals surface area contributed by atoms with Gasteiger partial charge in [0.2, 0.25) is 11.8 Å². The lowest BCUT2D eigenvalue weighted by atomic mass is 9.89. The molecular weight excluding hydrogens is 386 g/mol. The number of piperidine rings is 1. The summed E-state index contributed by atoms with van der Waals surface area (Å²) in [6, 6.07) is 9.98. The first kappa shape index (κ1) is 19.7. The fourth-order valence-corrected chi connectivity index (χ4v) is 4.72. The standard InChI is InChI=1S/C21H25N5O2S/c1-16(27)24(2)20-23-26-19(29-20)22-15-21(26,17-9-5-3-6-10-17)12-11-18(28)25-13-7-4-8-14-25/h3,5-6,9-12H,4,7-8,13-15H2,1-2H3/b12-11+. The van der Waals surface area contributed by atoms with Crippen molar-refractivity contribution in [2.24, 2.45) is 10.1 Å². The molecule has 3 heterocycles. The number of rotatable bonds is 3. The number of fused-ring (bicyclic) bond motifs is 1. The van der Waals surface area contributed by atoms with E-state index in [4.69, 9.17) is 5.10 Å². The molecule has 4 rings (SSSR count). The Hall–Kier alpha value is -2.61. The Morgan fingerprint density at radius 3 is 2.59 bits per heavy atom. The van der Waals surface area contributed by atoms with Gasteiger partial charge in [0.1, 0.15) is 5.54 Å². The largest absolute Gasteiger partial charge is 0.339 e. The molecule has 7 nitrogen and oxygen atoms in total. The molecule has 1 aromatic rings. The fraction of sp³-hybridized carbons (Fsp3) is 0.429. The Morgan fingerprint density at radius 1 is 1.17 bits per heavy atom. The van der Waals surface area contributed by atoms with Gasteiger partial charge in [-0.15, -0.1) is 5.10 Å². The Labute approximate surface area is 175 Å². The first-order valence-electron chi connectivity index (χ1n) is 9.90. The summed E-state index contributed by atoms with van der Waals surface area (Å²) in [4.78, 5) is 32.7. The summed E-state index contributed by atoms with van der Waals surface area (Å²) < 4.78 is 0. The van der Waals surface area contributed by atoms with Gasteiger partial charge in [-0.25, -0.2) is 5.01 Å². The molecule has 0 spiro atoms. The maximum atomic E-state index is 12.8. The topological polar surface area (TPSA) is 68.6 Å². The van der Waals surface area contributed by atoms with E-state index >= 15 is 0 Å². The number of benzene rings is 1. The molecule has 8 heteroatoms. The lowest BCUT2D eigenvalue weighted by Gasteiger charge is -2.32. The van der Waals surface area contributed by atoms with Gasteiger partial charge in [0.05, 0.1) is 6.54 Å². The molecule has 3 aliphatic rings. The molecule has 3 aliphatic heterocycles. The average molecular weight is 412 g/mol. The molecule has 1 unspecified atom stereocenters. The molecule has 1 saturated heterocycles. The number of amidine groups is 2. The van der Waals surface area contributed by atoms with Gasteiger partial charge >= 0.3 is 0 Å². The molecule has 1 fully saturated rings. The molecule has 0 radical (unpaired) electrons. The molecule has 1 atom stereocenters. The lowest BCUT2D eigenvalue weighted by molar-refractivity contribution is -0.127. The second-order valence-corrected chi connectivity index (χ2v) is 8.42. The van der Waals surface area contributed by atoms with Crippen LogP contribution in [0, 0.1) is 0 Å². The van der Waals surface area contributed by atoms with E-state index in [0.29, 0.717) is 11.7 Å². The Balaban J connectivity index is 1.67. The van der Waals surface area contributed by atoms with Gasteiger partial charge in [-0.1, -0.05) is 30.3 Å². The molecule has 0 bridgehead atoms. The van der Waals surface area contributed by atoms with E-state index in [2.05, 4.69) is 4.99 Å². The quantitative estimate of drug-likeness (QED) is 0.717. The van der Waals surface area contributed by atoms with Crippen LogP contribution in [0.15, 0.2) is 52.6 Å². The SMILES string of the molecule is CC(=O)N(C)C1=NN2C(=NCC2(/C=C/C(=O)N2CCCCC2)c2ccccc2)S1. The van der Waals surface area contributed by atoms with Crippen molar-refractivity contribution in [2.75, 3.05) is 26.7 Å². The normalized spacial score (nSPS) is 23.8. The van der Waals surface area contributed by atoms with Crippen molar-refractivity contribution in [2.45, 2.75) is 31.7 Å². The number of hydrogen-bond donors (Lipinski definition) is 0. The van der Waals surface area contributed by atoms with Crippen molar-refractivity contribution in [3.05, 3.63) is 48.0 Å². The van der Waals surface area contributed by atoms with Crippen LogP contribution in [0.1, 0.15) is 31.7 Å². The Bertz CT molecular complexity index is 892. The lowest BCUT2D eigenvalue weighted by Crippen LogP contribution is -2.41. The third-order valence-electron chi connectivity index (χ3n) is 5.58. The van der Waals surface area contributed by atoms with Gasteiger partial charge in [0.25, 0.3) is 0 Å². The average Bonchev–Trinajstić information content (AvgIpc) is 3.33. The minimum Gasteiger partial charge on any atom is -0.339 e. The first-order valence-corrected chi connectivity index (χ1v) is 10.7. The third-order valence-corrected chi connectivity index (χ3v) is 6.61. The van der Waals surface area contributed by atoms with Crippen molar-refractivity contribution in [3.8, 4) is 0 Å². The number of amides is 2. The fourth-order valence-electron chi connectivity index (χ4n) is 3.75. The van der Waals surface area contributed by atoms with Crippen LogP contribution >= 0.6 is 11.8 Å². The van der Waals surface area contributed by atoms with Crippen molar-refractivity contribution < 1.29 is 9.59 Å². The van der Waals surface area contributed by atoms with Gasteiger partial charge in [-0.2, -0.15) is 0 Å². The number of carbonyl (C=O) groups excluding carboxylic acids is 2. The highest BCUT2D eigenvalue weighted by atomic mass is 32.2. The maximum Gasteiger partial charge on any atom is 0.246 e. The number of hydrazone groups is 1. The second-order valence-electron chi connectivity index (χ2n) is 7.48. The monoisotopic (exact) mass is 411 g/mol. The van der Waals surface area contributed by atoms with E-state index in [9.17, 15) is 9.59 Å². The first-order chi connectivity index (χ1) is 14.0. The van der Waals surface area contributed by atoms with Crippen molar-refractivity contribution in [1.82, 2.24) is 14.8 Å². The minimum absolute atomic E-state index is 0.0327. The molecule has 2 amide bonds. The highest BCUT2D eigenvalue weighted by molar-refractivity contribution is 8.26. The van der Waals surface area contributed by atoms with Gasteiger partial charge in [0.15, 0.2) is 10.3 Å². The minimum atomic E-state index is -0.672. The molecule has 1 aromatic carbocycles. The Kier molecular flexibility index (Phi) is 5.45. The number of carbonyl (C=O) groups is 2. The zero-order chi connectivity index (χ0) is 20.4. The van der Waals surface area contributed by atoms with Crippen LogP contribution in [0.25, 0.3) is 0 Å². The van der Waals surface area contributed by atoms with E-state index in [1.807, 2.05) is 46.3 Å². The van der Waals surface area contributed by atoms with E-state index in [0.717, 1.165) is 36.7 Å². The van der Waals surface area contributed by atoms with Gasteiger partial charge in [-0.05, 0) is 42.7 Å². The van der Waals surface area contributed by atoms with Gasteiger partial charge in [0, 0.05) is 33.1 Å². The molecule has 29 heavy (non-hydrogen) atoms. The molecule has 0 aromatic heterocycles. The highest BCUT2D eigenvalue weighted by Crippen LogP contribution is 2.42. The van der Waals surface area contributed by atoms with Crippen molar-refractivity contribution >= 4 is 33.9 Å². The summed E-state index contributed by atoms with van der Waals surface area (Å²) in [5.74, 6) is -0.0514. The van der Waals surface area contributed by atoms with Crippen LogP contribution in [-0.2, 0) is 15.1 Å². The van der Waals surface area contributed by atoms with Crippen LogP contribution in [-0.4, -0.2) is 63.6 Å². The number of thioether (sulfide) groups is 1. The summed E-state index contributed by atoms with van der Waals surface area (Å²) in [5, 5.41) is 7.88. The van der Waals surface area contributed by atoms with Crippen LogP contribution in [0.4, 0.5) is 0 Å². The molecular formula is C21H25N5O2S. The van der Waals surface area contributed by atoms with Gasteiger partial charge in [-0.3, -0.25) is 19.5 Å². The third kappa shape index (κ3) is 3.69. The van der Waals surface area contributed by atoms with Crippen molar-refractivity contribution in [3.63, 3.8) is 0 Å². The highest BCUT2D eigenvalue weighted by Gasteiger charge is 2.47. The molecule has 152 valence electrons. The van der Waals surface area contributed by atoms with Crippen LogP contribution in [0.5, 0.6) is 0 Å². The number of likely N-dealkylation sites (tertiary alicyclic amines) is 1. The predicted molar refractivity (Wildman–Crippen MR) is 115 cm³/mol. The number of aliphatic imine (C=N–C) groups is 1. The summed E-state index contributed by atoms with van der Waals surface area (Å²) >= 11 is 1.38. The number of hydrogen-bond acceptors (Lipinski definition) is 6. The maximum absolute atomic E-state index is 12.8. The van der Waals surface area contributed by atoms with E-state index in [-0.39, 0.29) is 11.8 Å². The Morgan fingerprint density at radius 2 is 1.90 bits per heavy atom. The summed E-state index contributed by atoms with van der Waals surface area (Å²) in [6.45, 7) is 3.61. The van der Waals surface area contributed by atoms with E-state index in [1.165, 1.54) is 30.0 Å². The van der Waals surface area contributed by atoms with E-state index < -0.39 is 5.54 Å². The smallest absolute Gasteiger partial charge is 0.246 e. The molecule has 0 saturated carbocycles. The summed E-state index contributed by atoms with van der Waals surface area (Å²) in [6.07, 6.45) is 6.90. The molecule has 0 aliphatic carbocycles. The van der Waals surface area contributed by atoms with Crippen molar-refractivity contribution in [1.29, 1.82) is 0 Å².